The zero-order valence-electron chi connectivity index (χ0n) is 16.9. The number of carbonyl (C=O) groups is 1. The summed E-state index contributed by atoms with van der Waals surface area (Å²) in [6.45, 7) is 0. The van der Waals surface area contributed by atoms with Crippen LogP contribution < -0.4 is 25.0 Å². The average molecular weight is 392 g/mol. The molecule has 1 heterocycles. The Kier molecular flexibility index (Phi) is 6.19. The topological polar surface area (TPSA) is 75.7 Å². The summed E-state index contributed by atoms with van der Waals surface area (Å²) in [6, 6.07) is 16.7. The van der Waals surface area contributed by atoms with E-state index in [1.807, 2.05) is 49.3 Å². The number of hydrogen-bond acceptors (Lipinski definition) is 6. The van der Waals surface area contributed by atoms with Crippen LogP contribution in [-0.2, 0) is 0 Å². The average Bonchev–Trinajstić information content (AvgIpc) is 2.74. The molecular formula is C22H24N4O3. The largest absolute Gasteiger partial charge is 0.497 e. The van der Waals surface area contributed by atoms with Crippen LogP contribution >= 0.6 is 0 Å². The lowest BCUT2D eigenvalue weighted by molar-refractivity contribution is 0.102. The third-order valence-corrected chi connectivity index (χ3v) is 4.32. The molecule has 29 heavy (non-hydrogen) atoms. The molecule has 2 aromatic carbocycles. The van der Waals surface area contributed by atoms with Crippen LogP contribution in [0.5, 0.6) is 11.5 Å². The predicted octanol–water partition coefficient (Wildman–Crippen LogP) is 4.16. The van der Waals surface area contributed by atoms with Crippen molar-refractivity contribution in [3.8, 4) is 11.5 Å². The summed E-state index contributed by atoms with van der Waals surface area (Å²) in [5.74, 6) is 0.825. The fourth-order valence-corrected chi connectivity index (χ4v) is 2.71. The molecule has 0 unspecified atom stereocenters. The smallest absolute Gasteiger partial charge is 0.274 e. The van der Waals surface area contributed by atoms with Crippen molar-refractivity contribution in [2.45, 2.75) is 0 Å². The van der Waals surface area contributed by atoms with Crippen LogP contribution in [0, 0.1) is 0 Å². The number of rotatable bonds is 7. The van der Waals surface area contributed by atoms with Crippen LogP contribution in [0.3, 0.4) is 0 Å². The van der Waals surface area contributed by atoms with Crippen LogP contribution in [0.25, 0.3) is 0 Å². The summed E-state index contributed by atoms with van der Waals surface area (Å²) in [5.41, 5.74) is 3.66. The number of amides is 1. The quantitative estimate of drug-likeness (QED) is 0.629. The van der Waals surface area contributed by atoms with Crippen molar-refractivity contribution >= 4 is 28.7 Å². The lowest BCUT2D eigenvalue weighted by Gasteiger charge is -2.13. The van der Waals surface area contributed by atoms with E-state index in [2.05, 4.69) is 15.6 Å². The van der Waals surface area contributed by atoms with Gasteiger partial charge in [0.1, 0.15) is 17.2 Å². The maximum Gasteiger partial charge on any atom is 0.274 e. The molecule has 1 amide bonds. The first-order valence-corrected chi connectivity index (χ1v) is 9.04. The van der Waals surface area contributed by atoms with Gasteiger partial charge in [0.25, 0.3) is 5.91 Å². The molecule has 0 saturated heterocycles. The van der Waals surface area contributed by atoms with Gasteiger partial charge in [0.2, 0.25) is 0 Å². The second kappa shape index (κ2) is 8.97. The molecule has 0 radical (unpaired) electrons. The van der Waals surface area contributed by atoms with E-state index in [4.69, 9.17) is 9.47 Å². The second-order valence-corrected chi connectivity index (χ2v) is 6.52. The molecule has 1 aromatic heterocycles. The van der Waals surface area contributed by atoms with E-state index in [0.717, 1.165) is 17.1 Å². The van der Waals surface area contributed by atoms with Gasteiger partial charge < -0.3 is 25.0 Å². The number of pyridine rings is 1. The van der Waals surface area contributed by atoms with Crippen LogP contribution in [0.4, 0.5) is 22.7 Å². The molecule has 2 N–H and O–H groups in total. The standard InChI is InChI=1S/C22H24N4O3/c1-26(2)17-8-5-15(6-9-17)24-16-7-11-19(23-14-16)22(27)25-20-13-18(28-3)10-12-21(20)29-4/h5-14,24H,1-4H3,(H,25,27). The zero-order valence-corrected chi connectivity index (χ0v) is 16.9. The van der Waals surface area contributed by atoms with Gasteiger partial charge in [0.15, 0.2) is 0 Å². The molecule has 3 aromatic rings. The highest BCUT2D eigenvalue weighted by Crippen LogP contribution is 2.29. The van der Waals surface area contributed by atoms with E-state index in [1.165, 1.54) is 0 Å². The summed E-state index contributed by atoms with van der Waals surface area (Å²) in [4.78, 5) is 18.9. The first kappa shape index (κ1) is 20.0. The maximum absolute atomic E-state index is 12.6. The Balaban J connectivity index is 1.69. The summed E-state index contributed by atoms with van der Waals surface area (Å²) in [5, 5.41) is 6.08. The molecule has 0 aliphatic heterocycles. The van der Waals surface area contributed by atoms with Gasteiger partial charge in [0.05, 0.1) is 31.8 Å². The number of nitrogens with one attached hydrogen (secondary N) is 2. The minimum Gasteiger partial charge on any atom is -0.497 e. The molecule has 0 spiro atoms. The van der Waals surface area contributed by atoms with Crippen molar-refractivity contribution < 1.29 is 14.3 Å². The molecule has 0 fully saturated rings. The van der Waals surface area contributed by atoms with Crippen molar-refractivity contribution in [1.82, 2.24) is 4.98 Å². The second-order valence-electron chi connectivity index (χ2n) is 6.52. The number of methoxy groups -OCH3 is 2. The molecule has 7 nitrogen and oxygen atoms in total. The molecule has 7 heteroatoms. The van der Waals surface area contributed by atoms with Gasteiger partial charge in [-0.25, -0.2) is 4.98 Å². The zero-order chi connectivity index (χ0) is 20.8. The Bertz CT molecular complexity index is 970. The Hall–Kier alpha value is -3.74. The monoisotopic (exact) mass is 392 g/mol. The van der Waals surface area contributed by atoms with Crippen LogP contribution in [0.1, 0.15) is 10.5 Å². The Morgan fingerprint density at radius 1 is 0.931 bits per heavy atom. The van der Waals surface area contributed by atoms with Gasteiger partial charge in [-0.1, -0.05) is 0 Å². The van der Waals surface area contributed by atoms with Crippen molar-refractivity contribution in [3.05, 3.63) is 66.5 Å². The summed E-state index contributed by atoms with van der Waals surface area (Å²) in [6.07, 6.45) is 1.62. The van der Waals surface area contributed by atoms with Gasteiger partial charge in [-0.15, -0.1) is 0 Å². The molecule has 0 bridgehead atoms. The summed E-state index contributed by atoms with van der Waals surface area (Å²) in [7, 11) is 7.10. The normalized spacial score (nSPS) is 10.2. The number of aromatic nitrogens is 1. The summed E-state index contributed by atoms with van der Waals surface area (Å²) >= 11 is 0. The fourth-order valence-electron chi connectivity index (χ4n) is 2.71. The van der Waals surface area contributed by atoms with Gasteiger partial charge >= 0.3 is 0 Å². The maximum atomic E-state index is 12.6. The first-order valence-electron chi connectivity index (χ1n) is 9.04. The van der Waals surface area contributed by atoms with E-state index in [9.17, 15) is 4.79 Å². The van der Waals surface area contributed by atoms with E-state index >= 15 is 0 Å². The molecule has 0 atom stereocenters. The number of ether oxygens (including phenoxy) is 2. The number of benzene rings is 2. The highest BCUT2D eigenvalue weighted by atomic mass is 16.5. The Morgan fingerprint density at radius 2 is 1.66 bits per heavy atom. The molecule has 0 aliphatic rings. The predicted molar refractivity (Wildman–Crippen MR) is 116 cm³/mol. The minimum atomic E-state index is -0.335. The number of anilines is 4. The van der Waals surface area contributed by atoms with E-state index in [1.54, 1.807) is 44.7 Å². The fraction of sp³-hybridized carbons (Fsp3) is 0.182. The molecule has 0 aliphatic carbocycles. The highest BCUT2D eigenvalue weighted by molar-refractivity contribution is 6.03. The third-order valence-electron chi connectivity index (χ3n) is 4.32. The van der Waals surface area contributed by atoms with E-state index < -0.39 is 0 Å². The van der Waals surface area contributed by atoms with Gasteiger partial charge in [-0.05, 0) is 48.5 Å². The van der Waals surface area contributed by atoms with Gasteiger partial charge in [0, 0.05) is 31.5 Å². The van der Waals surface area contributed by atoms with Crippen LogP contribution in [0.15, 0.2) is 60.8 Å². The highest BCUT2D eigenvalue weighted by Gasteiger charge is 2.12. The molecule has 0 saturated carbocycles. The van der Waals surface area contributed by atoms with E-state index in [0.29, 0.717) is 22.9 Å². The van der Waals surface area contributed by atoms with Crippen molar-refractivity contribution in [2.24, 2.45) is 0 Å². The minimum absolute atomic E-state index is 0.295. The van der Waals surface area contributed by atoms with E-state index in [-0.39, 0.29) is 5.91 Å². The van der Waals surface area contributed by atoms with Crippen LogP contribution in [-0.4, -0.2) is 39.2 Å². The number of carbonyl (C=O) groups excluding carboxylic acids is 1. The lowest BCUT2D eigenvalue weighted by atomic mass is 10.2. The van der Waals surface area contributed by atoms with Gasteiger partial charge in [-0.3, -0.25) is 4.79 Å². The van der Waals surface area contributed by atoms with Crippen molar-refractivity contribution in [3.63, 3.8) is 0 Å². The van der Waals surface area contributed by atoms with Crippen molar-refractivity contribution in [1.29, 1.82) is 0 Å². The Labute approximate surface area is 170 Å². The molecule has 3 rings (SSSR count). The van der Waals surface area contributed by atoms with Gasteiger partial charge in [-0.2, -0.15) is 0 Å². The third kappa shape index (κ3) is 4.95. The Morgan fingerprint density at radius 3 is 2.24 bits per heavy atom. The first-order chi connectivity index (χ1) is 14.0. The van der Waals surface area contributed by atoms with Crippen LogP contribution in [0.2, 0.25) is 0 Å². The lowest BCUT2D eigenvalue weighted by Crippen LogP contribution is -2.14. The van der Waals surface area contributed by atoms with Crippen molar-refractivity contribution in [2.75, 3.05) is 43.8 Å². The SMILES string of the molecule is COc1ccc(OC)c(NC(=O)c2ccc(Nc3ccc(N(C)C)cc3)cn2)c1. The number of nitrogens with zero attached hydrogens (tertiary/aromatic N) is 2. The molecular weight excluding hydrogens is 368 g/mol. The molecule has 150 valence electrons. The summed E-state index contributed by atoms with van der Waals surface area (Å²) < 4.78 is 10.5. The number of hydrogen-bond donors (Lipinski definition) is 2.